The monoisotopic (exact) mass is 393 g/mol. The molecular weight excluding hydrogens is 370 g/mol. The third kappa shape index (κ3) is 4.82. The number of hydrogen-bond acceptors (Lipinski definition) is 6. The van der Waals surface area contributed by atoms with Crippen LogP contribution >= 0.6 is 11.8 Å². The number of anilines is 1. The largest absolute Gasteiger partial charge is 0.497 e. The van der Waals surface area contributed by atoms with Gasteiger partial charge in [0.05, 0.1) is 20.3 Å². The lowest BCUT2D eigenvalue weighted by Crippen LogP contribution is -2.36. The molecule has 144 valence electrons. The Labute approximate surface area is 169 Å². The first kappa shape index (κ1) is 18.8. The molecule has 2 aromatic carbocycles. The van der Waals surface area contributed by atoms with E-state index in [1.807, 2.05) is 36.5 Å². The molecule has 6 heteroatoms. The molecular formula is C22H23N3O2S. The van der Waals surface area contributed by atoms with Crippen molar-refractivity contribution in [3.63, 3.8) is 0 Å². The van der Waals surface area contributed by atoms with E-state index in [2.05, 4.69) is 34.1 Å². The van der Waals surface area contributed by atoms with Gasteiger partial charge in [0.2, 0.25) is 0 Å². The highest BCUT2D eigenvalue weighted by molar-refractivity contribution is 7.99. The van der Waals surface area contributed by atoms with Crippen LogP contribution in [0, 0.1) is 0 Å². The van der Waals surface area contributed by atoms with Crippen molar-refractivity contribution in [2.45, 2.75) is 16.3 Å². The molecule has 0 amide bonds. The molecule has 28 heavy (non-hydrogen) atoms. The molecule has 1 fully saturated rings. The topological polar surface area (TPSA) is 47.5 Å². The van der Waals surface area contributed by atoms with Crippen molar-refractivity contribution in [1.82, 2.24) is 9.97 Å². The zero-order chi connectivity index (χ0) is 19.2. The quantitative estimate of drug-likeness (QED) is 0.589. The molecule has 0 aliphatic carbocycles. The number of aromatic nitrogens is 2. The van der Waals surface area contributed by atoms with Crippen molar-refractivity contribution in [2.24, 2.45) is 0 Å². The van der Waals surface area contributed by atoms with Crippen molar-refractivity contribution in [2.75, 3.05) is 38.3 Å². The fourth-order valence-corrected chi connectivity index (χ4v) is 3.91. The molecule has 2 heterocycles. The van der Waals surface area contributed by atoms with Gasteiger partial charge in [0.25, 0.3) is 0 Å². The van der Waals surface area contributed by atoms with Crippen molar-refractivity contribution in [1.29, 1.82) is 0 Å². The molecule has 0 saturated carbocycles. The number of nitrogens with zero attached hydrogens (tertiary/aromatic N) is 3. The predicted molar refractivity (Wildman–Crippen MR) is 111 cm³/mol. The van der Waals surface area contributed by atoms with E-state index in [0.717, 1.165) is 54.2 Å². The summed E-state index contributed by atoms with van der Waals surface area (Å²) >= 11 is 1.63. The van der Waals surface area contributed by atoms with Crippen LogP contribution in [0.2, 0.25) is 0 Å². The third-order valence-corrected chi connectivity index (χ3v) is 5.58. The van der Waals surface area contributed by atoms with Crippen LogP contribution in [-0.2, 0) is 11.2 Å². The summed E-state index contributed by atoms with van der Waals surface area (Å²) in [4.78, 5) is 12.6. The van der Waals surface area contributed by atoms with E-state index < -0.39 is 0 Å². The number of hydrogen-bond donors (Lipinski definition) is 0. The zero-order valence-corrected chi connectivity index (χ0v) is 16.7. The second-order valence-electron chi connectivity index (χ2n) is 6.53. The highest BCUT2D eigenvalue weighted by atomic mass is 32.2. The van der Waals surface area contributed by atoms with E-state index in [1.165, 1.54) is 11.3 Å². The molecule has 0 spiro atoms. The van der Waals surface area contributed by atoms with Crippen LogP contribution < -0.4 is 9.64 Å². The third-order valence-electron chi connectivity index (χ3n) is 4.64. The maximum atomic E-state index is 5.42. The van der Waals surface area contributed by atoms with E-state index in [4.69, 9.17) is 14.5 Å². The Morgan fingerprint density at radius 3 is 2.46 bits per heavy atom. The molecule has 0 radical (unpaired) electrons. The van der Waals surface area contributed by atoms with Gasteiger partial charge in [-0.25, -0.2) is 9.97 Å². The summed E-state index contributed by atoms with van der Waals surface area (Å²) in [7, 11) is 1.67. The Kier molecular flexibility index (Phi) is 6.09. The molecule has 0 atom stereocenters. The molecule has 1 aliphatic rings. The molecule has 3 aromatic rings. The zero-order valence-electron chi connectivity index (χ0n) is 15.9. The standard InChI is InChI=1S/C22H23N3O2S/c1-26-19-6-8-20(9-7-19)28-22-10-11-23-21(24-22)16-17-2-4-18(5-3-17)25-12-14-27-15-13-25/h2-11H,12-16H2,1H3. The van der Waals surface area contributed by atoms with Crippen molar-refractivity contribution >= 4 is 17.4 Å². The van der Waals surface area contributed by atoms with Gasteiger partial charge in [-0.2, -0.15) is 0 Å². The lowest BCUT2D eigenvalue weighted by atomic mass is 10.1. The Bertz CT molecular complexity index is 894. The first-order valence-electron chi connectivity index (χ1n) is 9.35. The minimum absolute atomic E-state index is 0.723. The maximum absolute atomic E-state index is 5.42. The minimum Gasteiger partial charge on any atom is -0.497 e. The molecule has 0 N–H and O–H groups in total. The highest BCUT2D eigenvalue weighted by Crippen LogP contribution is 2.27. The number of ether oxygens (including phenoxy) is 2. The Morgan fingerprint density at radius 2 is 1.75 bits per heavy atom. The van der Waals surface area contributed by atoms with E-state index in [-0.39, 0.29) is 0 Å². The summed E-state index contributed by atoms with van der Waals surface area (Å²) in [5.74, 6) is 1.69. The van der Waals surface area contributed by atoms with E-state index in [1.54, 1.807) is 18.9 Å². The van der Waals surface area contributed by atoms with Crippen LogP contribution in [-0.4, -0.2) is 43.4 Å². The maximum Gasteiger partial charge on any atom is 0.133 e. The molecule has 5 nitrogen and oxygen atoms in total. The van der Waals surface area contributed by atoms with Gasteiger partial charge in [-0.15, -0.1) is 0 Å². The summed E-state index contributed by atoms with van der Waals surface area (Å²) in [6.07, 6.45) is 2.55. The van der Waals surface area contributed by atoms with Crippen molar-refractivity contribution < 1.29 is 9.47 Å². The smallest absolute Gasteiger partial charge is 0.133 e. The van der Waals surface area contributed by atoms with Crippen LogP contribution in [0.15, 0.2) is 70.7 Å². The van der Waals surface area contributed by atoms with Gasteiger partial charge >= 0.3 is 0 Å². The number of rotatable bonds is 6. The fraction of sp³-hybridized carbons (Fsp3) is 0.273. The van der Waals surface area contributed by atoms with Crippen LogP contribution in [0.25, 0.3) is 0 Å². The average molecular weight is 394 g/mol. The minimum atomic E-state index is 0.723. The molecule has 1 aromatic heterocycles. The molecule has 0 bridgehead atoms. The first-order chi connectivity index (χ1) is 13.8. The second kappa shape index (κ2) is 9.08. The summed E-state index contributed by atoms with van der Waals surface area (Å²) in [6.45, 7) is 3.50. The average Bonchev–Trinajstić information content (AvgIpc) is 2.76. The molecule has 1 aliphatic heterocycles. The lowest BCUT2D eigenvalue weighted by molar-refractivity contribution is 0.122. The Balaban J connectivity index is 1.41. The summed E-state index contributed by atoms with van der Waals surface area (Å²) in [6, 6.07) is 18.6. The summed E-state index contributed by atoms with van der Waals surface area (Å²) in [5, 5.41) is 0.945. The first-order valence-corrected chi connectivity index (χ1v) is 10.2. The van der Waals surface area contributed by atoms with Crippen molar-refractivity contribution in [3.8, 4) is 5.75 Å². The van der Waals surface area contributed by atoms with Crippen molar-refractivity contribution in [3.05, 3.63) is 72.2 Å². The normalized spacial score (nSPS) is 14.1. The van der Waals surface area contributed by atoms with E-state index >= 15 is 0 Å². The second-order valence-corrected chi connectivity index (χ2v) is 7.63. The highest BCUT2D eigenvalue weighted by Gasteiger charge is 2.11. The van der Waals surface area contributed by atoms with Gasteiger partial charge in [0.15, 0.2) is 0 Å². The van der Waals surface area contributed by atoms with Gasteiger partial charge in [-0.05, 0) is 48.0 Å². The number of methoxy groups -OCH3 is 1. The van der Waals surface area contributed by atoms with E-state index in [0.29, 0.717) is 0 Å². The van der Waals surface area contributed by atoms with Gasteiger partial charge in [0.1, 0.15) is 16.6 Å². The SMILES string of the molecule is COc1ccc(Sc2ccnc(Cc3ccc(N4CCOCC4)cc3)n2)cc1. The van der Waals surface area contributed by atoms with Gasteiger partial charge in [-0.3, -0.25) is 0 Å². The fourth-order valence-electron chi connectivity index (χ4n) is 3.12. The molecule has 0 unspecified atom stereocenters. The van der Waals surface area contributed by atoms with Crippen LogP contribution in [0.3, 0.4) is 0 Å². The van der Waals surface area contributed by atoms with Crippen LogP contribution in [0.1, 0.15) is 11.4 Å². The Morgan fingerprint density at radius 1 is 1.00 bits per heavy atom. The molecule has 1 saturated heterocycles. The number of morpholine rings is 1. The lowest BCUT2D eigenvalue weighted by Gasteiger charge is -2.28. The van der Waals surface area contributed by atoms with Gasteiger partial charge in [-0.1, -0.05) is 23.9 Å². The predicted octanol–water partition coefficient (Wildman–Crippen LogP) is 4.06. The Hall–Kier alpha value is -2.57. The number of benzene rings is 2. The van der Waals surface area contributed by atoms with Gasteiger partial charge < -0.3 is 14.4 Å². The summed E-state index contributed by atoms with van der Waals surface area (Å²) < 4.78 is 10.6. The summed E-state index contributed by atoms with van der Waals surface area (Å²) in [5.41, 5.74) is 2.46. The van der Waals surface area contributed by atoms with E-state index in [9.17, 15) is 0 Å². The van der Waals surface area contributed by atoms with Gasteiger partial charge in [0, 0.05) is 36.3 Å². The van der Waals surface area contributed by atoms with Crippen LogP contribution in [0.4, 0.5) is 5.69 Å². The van der Waals surface area contributed by atoms with Crippen LogP contribution in [0.5, 0.6) is 5.75 Å². The molecule has 4 rings (SSSR count).